The van der Waals surface area contributed by atoms with Gasteiger partial charge in [0.15, 0.2) is 0 Å². The molecule has 0 bridgehead atoms. The first-order chi connectivity index (χ1) is 12.3. The Morgan fingerprint density at radius 3 is 2.76 bits per heavy atom. The molecule has 4 heteroatoms. The van der Waals surface area contributed by atoms with Gasteiger partial charge in [-0.25, -0.2) is 0 Å². The van der Waals surface area contributed by atoms with Gasteiger partial charge in [0.2, 0.25) is 0 Å². The second-order valence-electron chi connectivity index (χ2n) is 6.02. The molecule has 1 heterocycles. The lowest BCUT2D eigenvalue weighted by atomic mass is 10.1. The van der Waals surface area contributed by atoms with Gasteiger partial charge < -0.3 is 14.8 Å². The minimum Gasteiger partial charge on any atom is -0.494 e. The number of ether oxygens (including phenoxy) is 2. The zero-order valence-electron chi connectivity index (χ0n) is 14.5. The second-order valence-corrected chi connectivity index (χ2v) is 6.02. The number of carbonyl (C=O) groups excluding carboxylic acids is 1. The molecule has 2 aromatic carbocycles. The summed E-state index contributed by atoms with van der Waals surface area (Å²) in [5, 5.41) is 2.94. The third-order valence-corrected chi connectivity index (χ3v) is 4.07. The van der Waals surface area contributed by atoms with E-state index in [0.29, 0.717) is 18.7 Å². The highest BCUT2D eigenvalue weighted by molar-refractivity contribution is 5.99. The first kappa shape index (κ1) is 17.1. The van der Waals surface area contributed by atoms with Crippen LogP contribution in [0.2, 0.25) is 0 Å². The number of amides is 1. The highest BCUT2D eigenvalue weighted by Crippen LogP contribution is 2.25. The van der Waals surface area contributed by atoms with Crippen LogP contribution in [0.5, 0.6) is 11.5 Å². The van der Waals surface area contributed by atoms with E-state index in [2.05, 4.69) is 12.2 Å². The van der Waals surface area contributed by atoms with Gasteiger partial charge in [-0.1, -0.05) is 43.7 Å². The van der Waals surface area contributed by atoms with Gasteiger partial charge in [0.1, 0.15) is 18.1 Å². The zero-order chi connectivity index (χ0) is 17.5. The summed E-state index contributed by atoms with van der Waals surface area (Å²) in [5.74, 6) is 1.58. The van der Waals surface area contributed by atoms with Gasteiger partial charge in [-0.15, -0.1) is 0 Å². The van der Waals surface area contributed by atoms with E-state index in [1.54, 1.807) is 0 Å². The Morgan fingerprint density at radius 2 is 1.96 bits per heavy atom. The van der Waals surface area contributed by atoms with E-state index in [9.17, 15) is 4.79 Å². The van der Waals surface area contributed by atoms with Crippen molar-refractivity contribution in [1.29, 1.82) is 0 Å². The molecule has 0 saturated heterocycles. The quantitative estimate of drug-likeness (QED) is 0.778. The van der Waals surface area contributed by atoms with Crippen molar-refractivity contribution in [3.05, 3.63) is 65.2 Å². The van der Waals surface area contributed by atoms with Crippen LogP contribution >= 0.6 is 0 Å². The van der Waals surface area contributed by atoms with Crippen molar-refractivity contribution in [1.82, 2.24) is 5.32 Å². The maximum atomic E-state index is 12.3. The fraction of sp³-hybridized carbons (Fsp3) is 0.286. The second kappa shape index (κ2) is 8.38. The van der Waals surface area contributed by atoms with Gasteiger partial charge in [0.05, 0.1) is 12.2 Å². The van der Waals surface area contributed by atoms with Crippen LogP contribution in [0.3, 0.4) is 0 Å². The summed E-state index contributed by atoms with van der Waals surface area (Å²) in [6.07, 6.45) is 4.06. The molecule has 25 heavy (non-hydrogen) atoms. The Kier molecular flexibility index (Phi) is 5.73. The summed E-state index contributed by atoms with van der Waals surface area (Å²) in [6.45, 7) is 3.66. The van der Waals surface area contributed by atoms with E-state index >= 15 is 0 Å². The topological polar surface area (TPSA) is 47.6 Å². The van der Waals surface area contributed by atoms with E-state index < -0.39 is 0 Å². The monoisotopic (exact) mass is 337 g/mol. The third-order valence-electron chi connectivity index (χ3n) is 4.07. The maximum absolute atomic E-state index is 12.3. The van der Waals surface area contributed by atoms with Crippen molar-refractivity contribution in [2.75, 3.05) is 13.2 Å². The maximum Gasteiger partial charge on any atom is 0.250 e. The van der Waals surface area contributed by atoms with Crippen LogP contribution in [0.15, 0.2) is 54.1 Å². The SMILES string of the molecule is CCCCOc1ccc(CNC(=O)C2=Cc3ccccc3OC2)cc1. The molecule has 0 aliphatic carbocycles. The molecule has 1 N–H and O–H groups in total. The molecule has 0 atom stereocenters. The molecule has 1 aliphatic heterocycles. The summed E-state index contributed by atoms with van der Waals surface area (Å²) < 4.78 is 11.3. The van der Waals surface area contributed by atoms with Crippen LogP contribution in [0.25, 0.3) is 6.08 Å². The van der Waals surface area contributed by atoms with Crippen LogP contribution in [0.1, 0.15) is 30.9 Å². The number of rotatable bonds is 7. The molecule has 3 rings (SSSR count). The fourth-order valence-electron chi connectivity index (χ4n) is 2.58. The highest BCUT2D eigenvalue weighted by atomic mass is 16.5. The number of fused-ring (bicyclic) bond motifs is 1. The molecular formula is C21H23NO3. The van der Waals surface area contributed by atoms with E-state index in [0.717, 1.165) is 42.1 Å². The smallest absolute Gasteiger partial charge is 0.250 e. The van der Waals surface area contributed by atoms with Gasteiger partial charge in [-0.3, -0.25) is 4.79 Å². The van der Waals surface area contributed by atoms with Crippen molar-refractivity contribution in [2.45, 2.75) is 26.3 Å². The molecule has 0 fully saturated rings. The highest BCUT2D eigenvalue weighted by Gasteiger charge is 2.16. The van der Waals surface area contributed by atoms with Gasteiger partial charge >= 0.3 is 0 Å². The van der Waals surface area contributed by atoms with Crippen molar-refractivity contribution < 1.29 is 14.3 Å². The van der Waals surface area contributed by atoms with Gasteiger partial charge in [0.25, 0.3) is 5.91 Å². The van der Waals surface area contributed by atoms with Gasteiger partial charge in [-0.2, -0.15) is 0 Å². The molecule has 0 saturated carbocycles. The van der Waals surface area contributed by atoms with Crippen molar-refractivity contribution in [2.24, 2.45) is 0 Å². The predicted molar refractivity (Wildman–Crippen MR) is 98.6 cm³/mol. The predicted octanol–water partition coefficient (Wildman–Crippen LogP) is 3.96. The summed E-state index contributed by atoms with van der Waals surface area (Å²) in [5.41, 5.74) is 2.61. The van der Waals surface area contributed by atoms with E-state index in [-0.39, 0.29) is 5.91 Å². The lowest BCUT2D eigenvalue weighted by Crippen LogP contribution is -2.28. The summed E-state index contributed by atoms with van der Waals surface area (Å²) in [4.78, 5) is 12.3. The number of unbranched alkanes of at least 4 members (excludes halogenated alkanes) is 1. The summed E-state index contributed by atoms with van der Waals surface area (Å²) in [6, 6.07) is 15.5. The van der Waals surface area contributed by atoms with E-state index in [4.69, 9.17) is 9.47 Å². The van der Waals surface area contributed by atoms with Gasteiger partial charge in [-0.05, 0) is 36.3 Å². The molecule has 0 unspecified atom stereocenters. The first-order valence-corrected chi connectivity index (χ1v) is 8.68. The van der Waals surface area contributed by atoms with Crippen LogP contribution in [-0.2, 0) is 11.3 Å². The normalized spacial score (nSPS) is 12.6. The Morgan fingerprint density at radius 1 is 1.16 bits per heavy atom. The molecule has 0 spiro atoms. The molecule has 1 amide bonds. The minimum absolute atomic E-state index is 0.0993. The fourth-order valence-corrected chi connectivity index (χ4v) is 2.58. The molecule has 2 aromatic rings. The van der Waals surface area contributed by atoms with Crippen LogP contribution in [-0.4, -0.2) is 19.1 Å². The minimum atomic E-state index is -0.0993. The Labute approximate surface area is 148 Å². The standard InChI is InChI=1S/C21H23NO3/c1-2-3-12-24-19-10-8-16(9-11-19)14-22-21(23)18-13-17-6-4-5-7-20(17)25-15-18/h4-11,13H,2-3,12,14-15H2,1H3,(H,22,23). The number of carbonyl (C=O) groups is 1. The number of hydrogen-bond acceptors (Lipinski definition) is 3. The average Bonchev–Trinajstić information content (AvgIpc) is 2.67. The van der Waals surface area contributed by atoms with Crippen LogP contribution in [0.4, 0.5) is 0 Å². The van der Waals surface area contributed by atoms with Crippen molar-refractivity contribution in [3.8, 4) is 11.5 Å². The van der Waals surface area contributed by atoms with Crippen molar-refractivity contribution in [3.63, 3.8) is 0 Å². The van der Waals surface area contributed by atoms with Crippen LogP contribution in [0, 0.1) is 0 Å². The molecule has 1 aliphatic rings. The zero-order valence-corrected chi connectivity index (χ0v) is 14.5. The lowest BCUT2D eigenvalue weighted by Gasteiger charge is -2.17. The molecular weight excluding hydrogens is 314 g/mol. The number of hydrogen-bond donors (Lipinski definition) is 1. The molecule has 130 valence electrons. The van der Waals surface area contributed by atoms with E-state index in [1.807, 2.05) is 54.6 Å². The Balaban J connectivity index is 1.53. The van der Waals surface area contributed by atoms with Crippen LogP contribution < -0.4 is 14.8 Å². The largest absolute Gasteiger partial charge is 0.494 e. The summed E-state index contributed by atoms with van der Waals surface area (Å²) >= 11 is 0. The van der Waals surface area contributed by atoms with Gasteiger partial charge in [0, 0.05) is 12.1 Å². The first-order valence-electron chi connectivity index (χ1n) is 8.68. The Hall–Kier alpha value is -2.75. The molecule has 4 nitrogen and oxygen atoms in total. The number of nitrogens with one attached hydrogen (secondary N) is 1. The van der Waals surface area contributed by atoms with Crippen molar-refractivity contribution >= 4 is 12.0 Å². The number of benzene rings is 2. The summed E-state index contributed by atoms with van der Waals surface area (Å²) in [7, 11) is 0. The number of para-hydroxylation sites is 1. The Bertz CT molecular complexity index is 750. The molecule has 0 aromatic heterocycles. The van der Waals surface area contributed by atoms with E-state index in [1.165, 1.54) is 0 Å². The molecule has 0 radical (unpaired) electrons. The average molecular weight is 337 g/mol. The third kappa shape index (κ3) is 4.63. The lowest BCUT2D eigenvalue weighted by molar-refractivity contribution is -0.117.